The molecule has 3 heteroatoms. The Morgan fingerprint density at radius 1 is 1.47 bits per heavy atom. The van der Waals surface area contributed by atoms with Gasteiger partial charge in [0.15, 0.2) is 0 Å². The lowest BCUT2D eigenvalue weighted by molar-refractivity contribution is -0.123. The molecule has 0 saturated heterocycles. The van der Waals surface area contributed by atoms with Crippen LogP contribution >= 0.6 is 0 Å². The van der Waals surface area contributed by atoms with Crippen molar-refractivity contribution in [3.8, 4) is 0 Å². The van der Waals surface area contributed by atoms with E-state index in [1.54, 1.807) is 0 Å². The SMILES string of the molecule is CCC(C)C(N)C(=O)NCc1cccc(C)c1. The minimum Gasteiger partial charge on any atom is -0.351 e. The topological polar surface area (TPSA) is 55.1 Å². The number of amides is 1. The summed E-state index contributed by atoms with van der Waals surface area (Å²) >= 11 is 0. The highest BCUT2D eigenvalue weighted by Gasteiger charge is 2.18. The van der Waals surface area contributed by atoms with E-state index in [0.717, 1.165) is 12.0 Å². The summed E-state index contributed by atoms with van der Waals surface area (Å²) in [4.78, 5) is 11.8. The Hall–Kier alpha value is -1.35. The highest BCUT2D eigenvalue weighted by Crippen LogP contribution is 2.06. The first kappa shape index (κ1) is 13.7. The molecule has 1 aromatic rings. The molecule has 2 unspecified atom stereocenters. The minimum absolute atomic E-state index is 0.0687. The van der Waals surface area contributed by atoms with Crippen molar-refractivity contribution in [1.29, 1.82) is 0 Å². The summed E-state index contributed by atoms with van der Waals surface area (Å²) in [5.74, 6) is 0.147. The molecule has 0 spiro atoms. The standard InChI is InChI=1S/C14H22N2O/c1-4-11(3)13(15)14(17)16-9-12-7-5-6-10(2)8-12/h5-8,11,13H,4,9,15H2,1-3H3,(H,16,17). The number of carbonyl (C=O) groups excluding carboxylic acids is 1. The van der Waals surface area contributed by atoms with Crippen molar-refractivity contribution in [2.45, 2.75) is 39.8 Å². The van der Waals surface area contributed by atoms with Gasteiger partial charge in [0.05, 0.1) is 6.04 Å². The van der Waals surface area contributed by atoms with Gasteiger partial charge in [0.1, 0.15) is 0 Å². The van der Waals surface area contributed by atoms with E-state index >= 15 is 0 Å². The van der Waals surface area contributed by atoms with E-state index in [4.69, 9.17) is 5.73 Å². The van der Waals surface area contributed by atoms with Crippen LogP contribution in [-0.2, 0) is 11.3 Å². The smallest absolute Gasteiger partial charge is 0.237 e. The van der Waals surface area contributed by atoms with Crippen molar-refractivity contribution in [3.63, 3.8) is 0 Å². The second kappa shape index (κ2) is 6.40. The van der Waals surface area contributed by atoms with Crippen molar-refractivity contribution < 1.29 is 4.79 Å². The molecule has 1 amide bonds. The molecule has 1 aromatic carbocycles. The predicted molar refractivity (Wildman–Crippen MR) is 70.5 cm³/mol. The van der Waals surface area contributed by atoms with E-state index in [0.29, 0.717) is 6.54 Å². The van der Waals surface area contributed by atoms with Crippen molar-refractivity contribution in [3.05, 3.63) is 35.4 Å². The number of hydrogen-bond donors (Lipinski definition) is 2. The van der Waals surface area contributed by atoms with Crippen LogP contribution in [0.1, 0.15) is 31.4 Å². The molecule has 0 fully saturated rings. The van der Waals surface area contributed by atoms with Gasteiger partial charge in [-0.25, -0.2) is 0 Å². The van der Waals surface area contributed by atoms with Gasteiger partial charge in [-0.15, -0.1) is 0 Å². The summed E-state index contributed by atoms with van der Waals surface area (Å²) in [6.07, 6.45) is 0.916. The molecule has 3 nitrogen and oxygen atoms in total. The lowest BCUT2D eigenvalue weighted by Gasteiger charge is -2.17. The van der Waals surface area contributed by atoms with Gasteiger partial charge in [0.25, 0.3) is 0 Å². The molecular weight excluding hydrogens is 212 g/mol. The largest absolute Gasteiger partial charge is 0.351 e. The predicted octanol–water partition coefficient (Wildman–Crippen LogP) is 1.98. The fourth-order valence-corrected chi connectivity index (χ4v) is 1.64. The lowest BCUT2D eigenvalue weighted by Crippen LogP contribution is -2.44. The molecule has 94 valence electrons. The van der Waals surface area contributed by atoms with Gasteiger partial charge in [-0.1, -0.05) is 50.1 Å². The van der Waals surface area contributed by atoms with E-state index in [2.05, 4.69) is 11.4 Å². The van der Waals surface area contributed by atoms with E-state index in [9.17, 15) is 4.79 Å². The first-order chi connectivity index (χ1) is 8.04. The average molecular weight is 234 g/mol. The van der Waals surface area contributed by atoms with Gasteiger partial charge in [-0.05, 0) is 18.4 Å². The second-order valence-corrected chi connectivity index (χ2v) is 4.62. The Kier molecular flexibility index (Phi) is 5.16. The number of aryl methyl sites for hydroxylation is 1. The second-order valence-electron chi connectivity index (χ2n) is 4.62. The number of hydrogen-bond acceptors (Lipinski definition) is 2. The third kappa shape index (κ3) is 4.19. The Balaban J connectivity index is 2.48. The third-order valence-corrected chi connectivity index (χ3v) is 3.11. The van der Waals surface area contributed by atoms with E-state index in [1.165, 1.54) is 5.56 Å². The van der Waals surface area contributed by atoms with Gasteiger partial charge in [-0.3, -0.25) is 4.79 Å². The van der Waals surface area contributed by atoms with Gasteiger partial charge in [0.2, 0.25) is 5.91 Å². The maximum atomic E-state index is 11.8. The highest BCUT2D eigenvalue weighted by atomic mass is 16.2. The highest BCUT2D eigenvalue weighted by molar-refractivity contribution is 5.81. The number of nitrogens with two attached hydrogens (primary N) is 1. The van der Waals surface area contributed by atoms with Crippen molar-refractivity contribution in [2.24, 2.45) is 11.7 Å². The number of benzene rings is 1. The van der Waals surface area contributed by atoms with E-state index < -0.39 is 6.04 Å². The lowest BCUT2D eigenvalue weighted by atomic mass is 9.99. The van der Waals surface area contributed by atoms with Crippen molar-refractivity contribution >= 4 is 5.91 Å². The van der Waals surface area contributed by atoms with Gasteiger partial charge < -0.3 is 11.1 Å². The van der Waals surface area contributed by atoms with Gasteiger partial charge in [-0.2, -0.15) is 0 Å². The first-order valence-electron chi connectivity index (χ1n) is 6.13. The van der Waals surface area contributed by atoms with Gasteiger partial charge in [0, 0.05) is 6.54 Å². The Morgan fingerprint density at radius 3 is 2.76 bits per heavy atom. The summed E-state index contributed by atoms with van der Waals surface area (Å²) in [6.45, 7) is 6.62. The average Bonchev–Trinajstić information content (AvgIpc) is 2.34. The molecule has 1 rings (SSSR count). The zero-order chi connectivity index (χ0) is 12.8. The van der Waals surface area contributed by atoms with Crippen LogP contribution in [0.2, 0.25) is 0 Å². The van der Waals surface area contributed by atoms with Crippen LogP contribution in [-0.4, -0.2) is 11.9 Å². The van der Waals surface area contributed by atoms with Crippen LogP contribution < -0.4 is 11.1 Å². The zero-order valence-corrected chi connectivity index (χ0v) is 10.9. The summed E-state index contributed by atoms with van der Waals surface area (Å²) in [6, 6.07) is 7.68. The molecule has 0 aliphatic rings. The maximum absolute atomic E-state index is 11.8. The summed E-state index contributed by atoms with van der Waals surface area (Å²) < 4.78 is 0. The van der Waals surface area contributed by atoms with Crippen LogP contribution in [0.5, 0.6) is 0 Å². The normalized spacial score (nSPS) is 14.1. The van der Waals surface area contributed by atoms with Crippen LogP contribution in [0.25, 0.3) is 0 Å². The van der Waals surface area contributed by atoms with E-state index in [-0.39, 0.29) is 11.8 Å². The maximum Gasteiger partial charge on any atom is 0.237 e. The molecule has 2 atom stereocenters. The van der Waals surface area contributed by atoms with Crippen molar-refractivity contribution in [2.75, 3.05) is 0 Å². The molecule has 0 aromatic heterocycles. The Bertz CT molecular complexity index is 376. The summed E-state index contributed by atoms with van der Waals surface area (Å²) in [5.41, 5.74) is 8.16. The Morgan fingerprint density at radius 2 is 2.18 bits per heavy atom. The fraction of sp³-hybridized carbons (Fsp3) is 0.500. The van der Waals surface area contributed by atoms with Crippen molar-refractivity contribution in [1.82, 2.24) is 5.32 Å². The van der Waals surface area contributed by atoms with Crippen LogP contribution in [0.3, 0.4) is 0 Å². The number of nitrogens with one attached hydrogen (secondary N) is 1. The molecular formula is C14H22N2O. The molecule has 0 radical (unpaired) electrons. The molecule has 0 heterocycles. The minimum atomic E-state index is -0.412. The summed E-state index contributed by atoms with van der Waals surface area (Å²) in [7, 11) is 0. The van der Waals surface area contributed by atoms with Crippen LogP contribution in [0.15, 0.2) is 24.3 Å². The van der Waals surface area contributed by atoms with Crippen LogP contribution in [0.4, 0.5) is 0 Å². The van der Waals surface area contributed by atoms with Crippen LogP contribution in [0, 0.1) is 12.8 Å². The fourth-order valence-electron chi connectivity index (χ4n) is 1.64. The monoisotopic (exact) mass is 234 g/mol. The quantitative estimate of drug-likeness (QED) is 0.818. The molecule has 0 aliphatic carbocycles. The Labute approximate surface area is 103 Å². The number of carbonyl (C=O) groups is 1. The zero-order valence-electron chi connectivity index (χ0n) is 10.9. The summed E-state index contributed by atoms with van der Waals surface area (Å²) in [5, 5.41) is 2.88. The molecule has 0 bridgehead atoms. The molecule has 0 aliphatic heterocycles. The third-order valence-electron chi connectivity index (χ3n) is 3.11. The van der Waals surface area contributed by atoms with Gasteiger partial charge >= 0.3 is 0 Å². The van der Waals surface area contributed by atoms with E-state index in [1.807, 2.05) is 39.0 Å². The molecule has 0 saturated carbocycles. The molecule has 3 N–H and O–H groups in total. The molecule has 17 heavy (non-hydrogen) atoms. The number of rotatable bonds is 5. The first-order valence-corrected chi connectivity index (χ1v) is 6.13.